The Morgan fingerprint density at radius 3 is 2.62 bits per heavy atom. The van der Waals surface area contributed by atoms with Gasteiger partial charge in [0.2, 0.25) is 0 Å². The van der Waals surface area contributed by atoms with Gasteiger partial charge in [-0.25, -0.2) is 23.4 Å². The Balaban J connectivity index is 1.26. The SMILES string of the molecule is CC(C)c1ccc(N2C[C@H](CS(C)(=O)=O)[C@H]2C)c2cnc(Nc3ccnc(-c4cnn(CC5CC5)c4)n3)cc12. The fourth-order valence-electron chi connectivity index (χ4n) is 5.50. The summed E-state index contributed by atoms with van der Waals surface area (Å²) in [7, 11) is -3.00. The number of fused-ring (bicyclic) bond motifs is 1. The molecule has 0 bridgehead atoms. The van der Waals surface area contributed by atoms with Crippen LogP contribution >= 0.6 is 0 Å². The van der Waals surface area contributed by atoms with Crippen LogP contribution in [0.3, 0.4) is 0 Å². The van der Waals surface area contributed by atoms with E-state index in [0.29, 0.717) is 23.4 Å². The summed E-state index contributed by atoms with van der Waals surface area (Å²) < 4.78 is 25.7. The lowest BCUT2D eigenvalue weighted by atomic mass is 9.88. The van der Waals surface area contributed by atoms with E-state index < -0.39 is 9.84 Å². The number of anilines is 3. The van der Waals surface area contributed by atoms with E-state index in [4.69, 9.17) is 9.97 Å². The van der Waals surface area contributed by atoms with E-state index in [9.17, 15) is 8.42 Å². The van der Waals surface area contributed by atoms with E-state index in [2.05, 4.69) is 59.3 Å². The highest BCUT2D eigenvalue weighted by molar-refractivity contribution is 7.90. The summed E-state index contributed by atoms with van der Waals surface area (Å²) in [6.07, 6.45) is 11.4. The second-order valence-electron chi connectivity index (χ2n) is 11.5. The third kappa shape index (κ3) is 5.48. The van der Waals surface area contributed by atoms with Crippen LogP contribution in [0, 0.1) is 11.8 Å². The minimum absolute atomic E-state index is 0.140. The molecule has 4 aromatic rings. The van der Waals surface area contributed by atoms with Crippen LogP contribution in [0.1, 0.15) is 45.1 Å². The van der Waals surface area contributed by atoms with E-state index >= 15 is 0 Å². The van der Waals surface area contributed by atoms with Crippen molar-refractivity contribution < 1.29 is 8.42 Å². The van der Waals surface area contributed by atoms with Crippen LogP contribution in [0.25, 0.3) is 22.2 Å². The summed E-state index contributed by atoms with van der Waals surface area (Å²) in [4.78, 5) is 16.2. The van der Waals surface area contributed by atoms with Crippen molar-refractivity contribution in [3.63, 3.8) is 0 Å². The van der Waals surface area contributed by atoms with Crippen molar-refractivity contribution in [2.75, 3.05) is 28.8 Å². The molecule has 1 aliphatic heterocycles. The molecule has 1 saturated carbocycles. The van der Waals surface area contributed by atoms with Gasteiger partial charge in [0.25, 0.3) is 0 Å². The summed E-state index contributed by atoms with van der Waals surface area (Å²) in [5.41, 5.74) is 3.24. The van der Waals surface area contributed by atoms with E-state index in [1.165, 1.54) is 24.7 Å². The molecule has 2 atom stereocenters. The molecule has 0 spiro atoms. The highest BCUT2D eigenvalue weighted by Gasteiger charge is 2.38. The fourth-order valence-corrected chi connectivity index (χ4v) is 6.66. The Hall–Kier alpha value is -3.53. The Labute approximate surface area is 229 Å². The zero-order valence-electron chi connectivity index (χ0n) is 22.9. The van der Waals surface area contributed by atoms with Crippen LogP contribution < -0.4 is 10.2 Å². The number of hydrogen-bond donors (Lipinski definition) is 1. The first-order chi connectivity index (χ1) is 18.6. The molecule has 4 heterocycles. The third-order valence-electron chi connectivity index (χ3n) is 7.91. The number of rotatable bonds is 9. The Morgan fingerprint density at radius 1 is 1.08 bits per heavy atom. The lowest BCUT2D eigenvalue weighted by Gasteiger charge is -2.48. The molecule has 0 unspecified atom stereocenters. The third-order valence-corrected chi connectivity index (χ3v) is 8.94. The molecule has 1 saturated heterocycles. The molecular weight excluding hydrogens is 510 g/mol. The van der Waals surface area contributed by atoms with Crippen LogP contribution in [0.4, 0.5) is 17.3 Å². The number of benzene rings is 1. The smallest absolute Gasteiger partial charge is 0.164 e. The predicted molar refractivity (Wildman–Crippen MR) is 155 cm³/mol. The highest BCUT2D eigenvalue weighted by Crippen LogP contribution is 2.39. The van der Waals surface area contributed by atoms with Gasteiger partial charge in [0, 0.05) is 61.0 Å². The van der Waals surface area contributed by atoms with Crippen molar-refractivity contribution in [1.29, 1.82) is 0 Å². The number of sulfone groups is 1. The van der Waals surface area contributed by atoms with Gasteiger partial charge in [0.1, 0.15) is 21.5 Å². The first-order valence-corrected chi connectivity index (χ1v) is 15.7. The summed E-state index contributed by atoms with van der Waals surface area (Å²) in [6, 6.07) is 8.42. The normalized spacial score (nSPS) is 19.5. The summed E-state index contributed by atoms with van der Waals surface area (Å²) in [6.45, 7) is 8.17. The van der Waals surface area contributed by atoms with Gasteiger partial charge >= 0.3 is 0 Å². The highest BCUT2D eigenvalue weighted by atomic mass is 32.2. The van der Waals surface area contributed by atoms with Gasteiger partial charge in [-0.3, -0.25) is 4.68 Å². The largest absolute Gasteiger partial charge is 0.368 e. The van der Waals surface area contributed by atoms with Gasteiger partial charge in [-0.2, -0.15) is 5.10 Å². The monoisotopic (exact) mass is 545 g/mol. The van der Waals surface area contributed by atoms with E-state index in [1.54, 1.807) is 6.20 Å². The van der Waals surface area contributed by atoms with Crippen LogP contribution in [-0.2, 0) is 16.4 Å². The standard InChI is InChI=1S/C29H35N7O2S/c1-18(2)23-7-8-26(36-16-22(19(36)3)17-39(4,37)38)25-13-31-28(11-24(23)25)33-27-9-10-30-29(34-27)21-12-32-35(15-21)14-20-5-6-20/h7-13,15,18-20,22H,5-6,14,16-17H2,1-4H3,(H,30,31,33,34)/t19-,22-/m1/s1. The van der Waals surface area contributed by atoms with E-state index in [1.807, 2.05) is 29.3 Å². The zero-order chi connectivity index (χ0) is 27.3. The molecule has 3 aromatic heterocycles. The number of hydrogen-bond acceptors (Lipinski definition) is 8. The molecule has 6 rings (SSSR count). The molecule has 1 N–H and O–H groups in total. The molecule has 2 fully saturated rings. The molecule has 204 valence electrons. The number of nitrogens with one attached hydrogen (secondary N) is 1. The summed E-state index contributed by atoms with van der Waals surface area (Å²) in [5, 5.41) is 10.1. The predicted octanol–water partition coefficient (Wildman–Crippen LogP) is 5.03. The van der Waals surface area contributed by atoms with Crippen molar-refractivity contribution in [2.45, 2.75) is 52.1 Å². The topological polar surface area (TPSA) is 106 Å². The Bertz CT molecular complexity index is 1630. The molecule has 0 radical (unpaired) electrons. The molecule has 0 amide bonds. The maximum atomic E-state index is 11.8. The van der Waals surface area contributed by atoms with Gasteiger partial charge in [-0.05, 0) is 60.7 Å². The molecule has 10 heteroatoms. The summed E-state index contributed by atoms with van der Waals surface area (Å²) >= 11 is 0. The first kappa shape index (κ1) is 25.7. The Morgan fingerprint density at radius 2 is 1.90 bits per heavy atom. The average Bonchev–Trinajstić information content (AvgIpc) is 3.58. The van der Waals surface area contributed by atoms with Crippen LogP contribution in [-0.4, -0.2) is 57.7 Å². The summed E-state index contributed by atoms with van der Waals surface area (Å²) in [5.74, 6) is 3.46. The maximum absolute atomic E-state index is 11.8. The van der Waals surface area contributed by atoms with Gasteiger partial charge < -0.3 is 10.2 Å². The van der Waals surface area contributed by atoms with Gasteiger partial charge in [0.05, 0.1) is 17.5 Å². The quantitative estimate of drug-likeness (QED) is 0.312. The number of pyridine rings is 1. The van der Waals surface area contributed by atoms with Gasteiger partial charge in [-0.15, -0.1) is 0 Å². The van der Waals surface area contributed by atoms with Crippen molar-refractivity contribution in [2.24, 2.45) is 11.8 Å². The van der Waals surface area contributed by atoms with E-state index in [-0.39, 0.29) is 17.7 Å². The maximum Gasteiger partial charge on any atom is 0.164 e. The fraction of sp³-hybridized carbons (Fsp3) is 0.448. The molecule has 39 heavy (non-hydrogen) atoms. The Kier molecular flexibility index (Phi) is 6.53. The molecule has 9 nitrogen and oxygen atoms in total. The zero-order valence-corrected chi connectivity index (χ0v) is 23.7. The number of nitrogens with zero attached hydrogens (tertiary/aromatic N) is 6. The molecule has 1 aromatic carbocycles. The molecule has 2 aliphatic rings. The molecule has 1 aliphatic carbocycles. The second kappa shape index (κ2) is 9.89. The van der Waals surface area contributed by atoms with Gasteiger partial charge in [-0.1, -0.05) is 19.9 Å². The van der Waals surface area contributed by atoms with Crippen LogP contribution in [0.5, 0.6) is 0 Å². The first-order valence-electron chi connectivity index (χ1n) is 13.6. The van der Waals surface area contributed by atoms with Crippen molar-refractivity contribution in [1.82, 2.24) is 24.7 Å². The van der Waals surface area contributed by atoms with Crippen molar-refractivity contribution >= 4 is 37.9 Å². The lowest BCUT2D eigenvalue weighted by Crippen LogP contribution is -2.57. The van der Waals surface area contributed by atoms with Gasteiger partial charge in [0.15, 0.2) is 5.82 Å². The molecular formula is C29H35N7O2S. The lowest BCUT2D eigenvalue weighted by molar-refractivity contribution is 0.342. The second-order valence-corrected chi connectivity index (χ2v) is 13.7. The average molecular weight is 546 g/mol. The number of aromatic nitrogens is 5. The minimum Gasteiger partial charge on any atom is -0.368 e. The van der Waals surface area contributed by atoms with Crippen LogP contribution in [0.15, 0.2) is 49.1 Å². The minimum atomic E-state index is -3.00. The van der Waals surface area contributed by atoms with Crippen molar-refractivity contribution in [3.05, 3.63) is 54.6 Å². The van der Waals surface area contributed by atoms with Crippen molar-refractivity contribution in [3.8, 4) is 11.4 Å². The van der Waals surface area contributed by atoms with Crippen LogP contribution in [0.2, 0.25) is 0 Å². The van der Waals surface area contributed by atoms with E-state index in [0.717, 1.165) is 41.0 Å².